The molecular formula is C31H25NO4S. The van der Waals surface area contributed by atoms with Gasteiger partial charge in [-0.3, -0.25) is 9.59 Å². The van der Waals surface area contributed by atoms with Crippen LogP contribution in [0.4, 0.5) is 4.79 Å². The lowest BCUT2D eigenvalue weighted by atomic mass is 9.98. The first-order chi connectivity index (χ1) is 18.1. The Kier molecular flexibility index (Phi) is 7.47. The molecule has 4 aromatic carbocycles. The smallest absolute Gasteiger partial charge is 0.407 e. The van der Waals surface area contributed by atoms with Crippen molar-refractivity contribution in [1.29, 1.82) is 0 Å². The van der Waals surface area contributed by atoms with E-state index in [1.807, 2.05) is 54.6 Å². The number of hydrogen-bond donors (Lipinski definition) is 1. The molecule has 6 heteroatoms. The zero-order valence-electron chi connectivity index (χ0n) is 20.0. The Bertz CT molecular complexity index is 1390. The van der Waals surface area contributed by atoms with Crippen LogP contribution in [0.3, 0.4) is 0 Å². The van der Waals surface area contributed by atoms with E-state index in [0.717, 1.165) is 45.9 Å². The van der Waals surface area contributed by atoms with Gasteiger partial charge in [0.2, 0.25) is 5.12 Å². The molecule has 0 aromatic heterocycles. The molecule has 5 nitrogen and oxygen atoms in total. The highest BCUT2D eigenvalue weighted by atomic mass is 32.2. The zero-order valence-corrected chi connectivity index (χ0v) is 20.8. The number of carbonyl (C=O) groups excluding carboxylic acids is 3. The van der Waals surface area contributed by atoms with Gasteiger partial charge in [0.25, 0.3) is 0 Å². The molecule has 1 aliphatic rings. The van der Waals surface area contributed by atoms with Gasteiger partial charge in [0, 0.05) is 22.8 Å². The first-order valence-electron chi connectivity index (χ1n) is 12.1. The van der Waals surface area contributed by atoms with Crippen LogP contribution in [0.5, 0.6) is 0 Å². The molecule has 1 amide bonds. The fourth-order valence-corrected chi connectivity index (χ4v) is 5.56. The maximum absolute atomic E-state index is 13.3. The number of amides is 1. The van der Waals surface area contributed by atoms with Gasteiger partial charge in [0.15, 0.2) is 6.29 Å². The number of thioether (sulfide) groups is 1. The number of fused-ring (bicyclic) bond motifs is 3. The van der Waals surface area contributed by atoms with Gasteiger partial charge < -0.3 is 10.1 Å². The maximum atomic E-state index is 13.3. The number of benzene rings is 4. The number of hydrogen-bond acceptors (Lipinski definition) is 5. The average Bonchev–Trinajstić information content (AvgIpc) is 3.26. The lowest BCUT2D eigenvalue weighted by Crippen LogP contribution is -2.42. The van der Waals surface area contributed by atoms with E-state index in [4.69, 9.17) is 4.74 Å². The Morgan fingerprint density at radius 1 is 0.811 bits per heavy atom. The molecule has 0 saturated carbocycles. The third kappa shape index (κ3) is 5.49. The Morgan fingerprint density at radius 3 is 2.08 bits per heavy atom. The van der Waals surface area contributed by atoms with Crippen molar-refractivity contribution in [2.45, 2.75) is 23.3 Å². The summed E-state index contributed by atoms with van der Waals surface area (Å²) in [4.78, 5) is 38.2. The van der Waals surface area contributed by atoms with Crippen LogP contribution in [0.2, 0.25) is 0 Å². The predicted octanol–water partition coefficient (Wildman–Crippen LogP) is 6.27. The van der Waals surface area contributed by atoms with Gasteiger partial charge in [-0.05, 0) is 45.6 Å². The number of ether oxygens (including phenoxy) is 1. The first kappa shape index (κ1) is 24.5. The lowest BCUT2D eigenvalue weighted by molar-refractivity contribution is -0.112. The van der Waals surface area contributed by atoms with Gasteiger partial charge in [0.05, 0.1) is 0 Å². The van der Waals surface area contributed by atoms with Crippen molar-refractivity contribution in [2.24, 2.45) is 0 Å². The molecule has 0 saturated heterocycles. The van der Waals surface area contributed by atoms with Gasteiger partial charge in [-0.1, -0.05) is 97.1 Å². The molecule has 1 N–H and O–H groups in total. The van der Waals surface area contributed by atoms with Crippen LogP contribution in [0, 0.1) is 0 Å². The standard InChI is InChI=1S/C31H25NO4S/c33-19-22-12-4-9-17-29(22)37-30(34)28(18-21-10-2-1-3-11-21)32-31(35)36-20-27-25-15-7-5-13-23(25)24-14-6-8-16-26(24)27/h1-17,19,27-28H,18,20H2,(H,32,35)/t28-/m0/s1. The average molecular weight is 508 g/mol. The maximum Gasteiger partial charge on any atom is 0.407 e. The van der Waals surface area contributed by atoms with Crippen molar-refractivity contribution in [1.82, 2.24) is 5.32 Å². The van der Waals surface area contributed by atoms with Gasteiger partial charge in [0.1, 0.15) is 12.6 Å². The second-order valence-electron chi connectivity index (χ2n) is 8.79. The summed E-state index contributed by atoms with van der Waals surface area (Å²) in [7, 11) is 0. The molecule has 1 aliphatic carbocycles. The van der Waals surface area contributed by atoms with Gasteiger partial charge in [-0.2, -0.15) is 0 Å². The molecule has 5 rings (SSSR count). The molecule has 0 bridgehead atoms. The molecule has 184 valence electrons. The minimum atomic E-state index is -0.831. The fourth-order valence-electron chi connectivity index (χ4n) is 4.68. The molecule has 4 aromatic rings. The van der Waals surface area contributed by atoms with Crippen molar-refractivity contribution in [2.75, 3.05) is 6.61 Å². The number of carbonyl (C=O) groups is 3. The monoisotopic (exact) mass is 507 g/mol. The highest BCUT2D eigenvalue weighted by molar-refractivity contribution is 8.13. The highest BCUT2D eigenvalue weighted by Crippen LogP contribution is 2.44. The van der Waals surface area contributed by atoms with Crippen molar-refractivity contribution < 1.29 is 19.1 Å². The normalized spacial score (nSPS) is 12.8. The van der Waals surface area contributed by atoms with E-state index in [2.05, 4.69) is 29.6 Å². The van der Waals surface area contributed by atoms with Gasteiger partial charge in [-0.15, -0.1) is 0 Å². The Balaban J connectivity index is 1.31. The van der Waals surface area contributed by atoms with Crippen LogP contribution >= 0.6 is 11.8 Å². The first-order valence-corrected chi connectivity index (χ1v) is 12.9. The molecular weight excluding hydrogens is 482 g/mol. The van der Waals surface area contributed by atoms with Crippen LogP contribution in [0.1, 0.15) is 33.0 Å². The molecule has 0 fully saturated rings. The van der Waals surface area contributed by atoms with Gasteiger partial charge in [-0.25, -0.2) is 4.79 Å². The lowest BCUT2D eigenvalue weighted by Gasteiger charge is -2.19. The summed E-state index contributed by atoms with van der Waals surface area (Å²) in [6, 6.07) is 31.8. The van der Waals surface area contributed by atoms with E-state index in [-0.39, 0.29) is 17.6 Å². The van der Waals surface area contributed by atoms with Crippen molar-refractivity contribution in [3.05, 3.63) is 125 Å². The van der Waals surface area contributed by atoms with Crippen LogP contribution in [0.25, 0.3) is 11.1 Å². The summed E-state index contributed by atoms with van der Waals surface area (Å²) >= 11 is 0.948. The molecule has 37 heavy (non-hydrogen) atoms. The van der Waals surface area contributed by atoms with Crippen LogP contribution in [-0.2, 0) is 16.0 Å². The molecule has 0 aliphatic heterocycles. The van der Waals surface area contributed by atoms with E-state index in [1.165, 1.54) is 0 Å². The zero-order chi connectivity index (χ0) is 25.6. The van der Waals surface area contributed by atoms with Crippen LogP contribution in [-0.4, -0.2) is 30.1 Å². The summed E-state index contributed by atoms with van der Waals surface area (Å²) in [6.07, 6.45) is 0.376. The number of rotatable bonds is 8. The highest BCUT2D eigenvalue weighted by Gasteiger charge is 2.30. The number of alkyl carbamates (subject to hydrolysis) is 1. The van der Waals surface area contributed by atoms with Crippen molar-refractivity contribution >= 4 is 29.3 Å². The SMILES string of the molecule is O=Cc1ccccc1SC(=O)[C@H](Cc1ccccc1)NC(=O)OCC1c2ccccc2-c2ccccc21. The Morgan fingerprint density at radius 2 is 1.41 bits per heavy atom. The van der Waals surface area contributed by atoms with Gasteiger partial charge >= 0.3 is 6.09 Å². The summed E-state index contributed by atoms with van der Waals surface area (Å²) in [5, 5.41) is 2.50. The van der Waals surface area contributed by atoms with E-state index >= 15 is 0 Å². The largest absolute Gasteiger partial charge is 0.449 e. The second kappa shape index (κ2) is 11.3. The third-order valence-corrected chi connectivity index (χ3v) is 7.54. The summed E-state index contributed by atoms with van der Waals surface area (Å²) in [5.74, 6) is -0.0738. The second-order valence-corrected chi connectivity index (χ2v) is 9.84. The molecule has 1 atom stereocenters. The van der Waals surface area contributed by atoms with E-state index in [0.29, 0.717) is 16.9 Å². The van der Waals surface area contributed by atoms with Crippen LogP contribution < -0.4 is 5.32 Å². The minimum Gasteiger partial charge on any atom is -0.449 e. The van der Waals surface area contributed by atoms with E-state index in [9.17, 15) is 14.4 Å². The van der Waals surface area contributed by atoms with Crippen LogP contribution in [0.15, 0.2) is 108 Å². The molecule has 0 spiro atoms. The van der Waals surface area contributed by atoms with E-state index in [1.54, 1.807) is 24.3 Å². The Labute approximate surface area is 219 Å². The van der Waals surface area contributed by atoms with Crippen molar-refractivity contribution in [3.8, 4) is 11.1 Å². The molecule has 0 heterocycles. The summed E-state index contributed by atoms with van der Waals surface area (Å²) < 4.78 is 5.69. The fraction of sp³-hybridized carbons (Fsp3) is 0.129. The number of aldehydes is 1. The molecule has 0 unspecified atom stereocenters. The van der Waals surface area contributed by atoms with Crippen molar-refractivity contribution in [3.63, 3.8) is 0 Å². The Hall–Kier alpha value is -4.16. The van der Waals surface area contributed by atoms with E-state index < -0.39 is 12.1 Å². The number of nitrogens with one attached hydrogen (secondary N) is 1. The minimum absolute atomic E-state index is 0.0738. The predicted molar refractivity (Wildman–Crippen MR) is 145 cm³/mol. The third-order valence-electron chi connectivity index (χ3n) is 6.46. The molecule has 0 radical (unpaired) electrons. The topological polar surface area (TPSA) is 72.5 Å². The quantitative estimate of drug-likeness (QED) is 0.225. The summed E-state index contributed by atoms with van der Waals surface area (Å²) in [6.45, 7) is 0.160. The summed E-state index contributed by atoms with van der Waals surface area (Å²) in [5.41, 5.74) is 5.87.